The van der Waals surface area contributed by atoms with Gasteiger partial charge in [-0.1, -0.05) is 0 Å². The summed E-state index contributed by atoms with van der Waals surface area (Å²) >= 11 is 0. The fraction of sp³-hybridized carbons (Fsp3) is 0.471. The first kappa shape index (κ1) is 18.8. The molecule has 1 spiro atoms. The maximum atomic E-state index is 13.0. The molecule has 142 valence electrons. The average molecular weight is 385 g/mol. The van der Waals surface area contributed by atoms with E-state index in [0.29, 0.717) is 19.6 Å². The summed E-state index contributed by atoms with van der Waals surface area (Å²) in [4.78, 5) is 12.3. The number of halogens is 1. The molecule has 1 fully saturated rings. The Balaban J connectivity index is 1.90. The molecule has 1 atom stereocenters. The normalized spacial score (nSPS) is 22.1. The molecule has 1 aromatic rings. The number of rotatable bonds is 5. The van der Waals surface area contributed by atoms with Gasteiger partial charge in [-0.05, 0) is 43.7 Å². The molecular weight excluding hydrogens is 365 g/mol. The first-order valence-corrected chi connectivity index (χ1v) is 9.85. The first-order chi connectivity index (χ1) is 12.4. The second-order valence-corrected chi connectivity index (χ2v) is 7.87. The van der Waals surface area contributed by atoms with Crippen molar-refractivity contribution in [3.63, 3.8) is 0 Å². The zero-order chi connectivity index (χ0) is 18.8. The molecule has 1 heterocycles. The summed E-state index contributed by atoms with van der Waals surface area (Å²) < 4.78 is 57.2. The number of esters is 1. The van der Waals surface area contributed by atoms with E-state index < -0.39 is 32.8 Å². The van der Waals surface area contributed by atoms with E-state index in [-0.39, 0.29) is 24.3 Å². The largest absolute Gasteiger partial charge is 0.463 e. The van der Waals surface area contributed by atoms with Crippen LogP contribution in [0.3, 0.4) is 0 Å². The van der Waals surface area contributed by atoms with E-state index in [9.17, 15) is 17.6 Å². The van der Waals surface area contributed by atoms with Crippen LogP contribution >= 0.6 is 0 Å². The van der Waals surface area contributed by atoms with Crippen molar-refractivity contribution in [1.82, 2.24) is 0 Å². The summed E-state index contributed by atoms with van der Waals surface area (Å²) in [5.74, 6) is -2.28. The number of sulfonamides is 1. The van der Waals surface area contributed by atoms with Crippen molar-refractivity contribution in [1.29, 1.82) is 0 Å². The lowest BCUT2D eigenvalue weighted by Gasteiger charge is -2.33. The molecule has 2 aliphatic rings. The Hall–Kier alpha value is -1.97. The zero-order valence-corrected chi connectivity index (χ0v) is 15.1. The maximum Gasteiger partial charge on any atom is 0.335 e. The van der Waals surface area contributed by atoms with Crippen molar-refractivity contribution in [3.05, 3.63) is 41.7 Å². The highest BCUT2D eigenvalue weighted by Gasteiger charge is 2.46. The summed E-state index contributed by atoms with van der Waals surface area (Å²) in [7, 11) is -3.96. The minimum absolute atomic E-state index is 0.0189. The highest BCUT2D eigenvalue weighted by Crippen LogP contribution is 2.37. The van der Waals surface area contributed by atoms with Crippen LogP contribution in [-0.4, -0.2) is 45.2 Å². The van der Waals surface area contributed by atoms with Crippen LogP contribution in [0.15, 0.2) is 35.9 Å². The molecule has 1 unspecified atom stereocenters. The van der Waals surface area contributed by atoms with Gasteiger partial charge >= 0.3 is 5.97 Å². The van der Waals surface area contributed by atoms with Gasteiger partial charge in [0.1, 0.15) is 11.1 Å². The van der Waals surface area contributed by atoms with Gasteiger partial charge in [0.2, 0.25) is 10.0 Å². The Bertz CT molecular complexity index is 799. The number of carbonyl (C=O) groups excluding carboxylic acids is 1. The third kappa shape index (κ3) is 3.89. The number of ether oxygens (including phenoxy) is 3. The van der Waals surface area contributed by atoms with Gasteiger partial charge in [0.25, 0.3) is 0 Å². The molecule has 1 N–H and O–H groups in total. The molecule has 0 amide bonds. The topological polar surface area (TPSA) is 90.9 Å². The lowest BCUT2D eigenvalue weighted by atomic mass is 9.94. The van der Waals surface area contributed by atoms with Gasteiger partial charge in [0, 0.05) is 12.1 Å². The molecule has 7 nitrogen and oxygen atoms in total. The number of carbonyl (C=O) groups is 1. The fourth-order valence-corrected chi connectivity index (χ4v) is 4.60. The van der Waals surface area contributed by atoms with E-state index in [4.69, 9.17) is 14.2 Å². The van der Waals surface area contributed by atoms with Crippen LogP contribution in [0.5, 0.6) is 0 Å². The van der Waals surface area contributed by atoms with Gasteiger partial charge in [-0.15, -0.1) is 0 Å². The smallest absolute Gasteiger partial charge is 0.335 e. The van der Waals surface area contributed by atoms with Crippen molar-refractivity contribution < 1.29 is 31.8 Å². The van der Waals surface area contributed by atoms with Crippen molar-refractivity contribution in [2.45, 2.75) is 30.8 Å². The van der Waals surface area contributed by atoms with Gasteiger partial charge in [-0.25, -0.2) is 17.6 Å². The van der Waals surface area contributed by atoms with Gasteiger partial charge in [-0.3, -0.25) is 4.72 Å². The van der Waals surface area contributed by atoms with E-state index in [2.05, 4.69) is 4.72 Å². The van der Waals surface area contributed by atoms with E-state index >= 15 is 0 Å². The predicted octanol–water partition coefficient (Wildman–Crippen LogP) is 1.96. The molecule has 0 bridgehead atoms. The molecular formula is C17H20FNO6S. The minimum Gasteiger partial charge on any atom is -0.463 e. The Morgan fingerprint density at radius 3 is 2.58 bits per heavy atom. The molecule has 1 aromatic carbocycles. The second kappa shape index (κ2) is 7.34. The number of anilines is 1. The molecule has 9 heteroatoms. The maximum absolute atomic E-state index is 13.0. The van der Waals surface area contributed by atoms with E-state index in [0.717, 1.165) is 12.1 Å². The fourth-order valence-electron chi connectivity index (χ4n) is 3.07. The summed E-state index contributed by atoms with van der Waals surface area (Å²) in [6, 6.07) is 4.92. The quantitative estimate of drug-likeness (QED) is 0.780. The average Bonchev–Trinajstić information content (AvgIpc) is 3.04. The Kier molecular flexibility index (Phi) is 5.31. The van der Waals surface area contributed by atoms with Crippen LogP contribution in [0.25, 0.3) is 0 Å². The summed E-state index contributed by atoms with van der Waals surface area (Å²) in [6.07, 6.45) is 1.84. The van der Waals surface area contributed by atoms with Gasteiger partial charge < -0.3 is 14.2 Å². The Labute approximate surface area is 151 Å². The highest BCUT2D eigenvalue weighted by atomic mass is 32.2. The molecule has 3 rings (SSSR count). The predicted molar refractivity (Wildman–Crippen MR) is 91.3 cm³/mol. The van der Waals surface area contributed by atoms with Crippen LogP contribution in [0, 0.1) is 5.82 Å². The van der Waals surface area contributed by atoms with Crippen LogP contribution in [0.2, 0.25) is 0 Å². The SMILES string of the molecule is CCOC(=O)C1=CC2(CCC1S(=O)(=O)Nc1ccc(F)cc1)OCCO2. The molecule has 0 radical (unpaired) electrons. The molecule has 26 heavy (non-hydrogen) atoms. The summed E-state index contributed by atoms with van der Waals surface area (Å²) in [5, 5.41) is -1.12. The standard InChI is InChI=1S/C17H20FNO6S/c1-2-23-16(20)14-11-17(24-9-10-25-17)8-7-15(14)26(21,22)19-13-5-3-12(18)4-6-13/h3-6,11,15,19H,2,7-10H2,1H3. The molecule has 1 saturated heterocycles. The number of hydrogen-bond donors (Lipinski definition) is 1. The Morgan fingerprint density at radius 1 is 1.31 bits per heavy atom. The van der Waals surface area contributed by atoms with Crippen LogP contribution in [0.1, 0.15) is 19.8 Å². The molecule has 0 aromatic heterocycles. The van der Waals surface area contributed by atoms with Crippen LogP contribution < -0.4 is 4.72 Å². The highest BCUT2D eigenvalue weighted by molar-refractivity contribution is 7.93. The number of hydrogen-bond acceptors (Lipinski definition) is 6. The van der Waals surface area contributed by atoms with Crippen molar-refractivity contribution >= 4 is 21.7 Å². The van der Waals surface area contributed by atoms with Crippen molar-refractivity contribution in [2.75, 3.05) is 24.5 Å². The lowest BCUT2D eigenvalue weighted by molar-refractivity contribution is -0.143. The van der Waals surface area contributed by atoms with Gasteiger partial charge in [0.15, 0.2) is 5.79 Å². The zero-order valence-electron chi connectivity index (χ0n) is 14.2. The van der Waals surface area contributed by atoms with E-state index in [1.165, 1.54) is 18.2 Å². The van der Waals surface area contributed by atoms with E-state index in [1.807, 2.05) is 0 Å². The summed E-state index contributed by atoms with van der Waals surface area (Å²) in [5.41, 5.74) is 0.192. The van der Waals surface area contributed by atoms with Crippen molar-refractivity contribution in [2.24, 2.45) is 0 Å². The van der Waals surface area contributed by atoms with Gasteiger partial charge in [0.05, 0.1) is 25.4 Å². The van der Waals surface area contributed by atoms with Gasteiger partial charge in [-0.2, -0.15) is 0 Å². The molecule has 0 saturated carbocycles. The Morgan fingerprint density at radius 2 is 1.96 bits per heavy atom. The molecule has 1 aliphatic heterocycles. The van der Waals surface area contributed by atoms with Crippen LogP contribution in [0.4, 0.5) is 10.1 Å². The first-order valence-electron chi connectivity index (χ1n) is 8.30. The van der Waals surface area contributed by atoms with Crippen LogP contribution in [-0.2, 0) is 29.0 Å². The van der Waals surface area contributed by atoms with E-state index in [1.54, 1.807) is 6.92 Å². The minimum atomic E-state index is -3.96. The third-order valence-corrected chi connectivity index (χ3v) is 6.00. The third-order valence-electron chi connectivity index (χ3n) is 4.24. The summed E-state index contributed by atoms with van der Waals surface area (Å²) in [6.45, 7) is 2.50. The monoisotopic (exact) mass is 385 g/mol. The second-order valence-electron chi connectivity index (χ2n) is 6.01. The lowest BCUT2D eigenvalue weighted by Crippen LogP contribution is -2.42. The number of nitrogens with one attached hydrogen (secondary N) is 1. The molecule has 1 aliphatic carbocycles. The number of benzene rings is 1. The van der Waals surface area contributed by atoms with Crippen molar-refractivity contribution in [3.8, 4) is 0 Å².